The second-order valence-corrected chi connectivity index (χ2v) is 19.3. The lowest BCUT2D eigenvalue weighted by Crippen LogP contribution is -2.35. The van der Waals surface area contributed by atoms with E-state index in [0.29, 0.717) is 70.8 Å². The summed E-state index contributed by atoms with van der Waals surface area (Å²) >= 11 is 0. The van der Waals surface area contributed by atoms with Gasteiger partial charge in [-0.1, -0.05) is 117 Å². The van der Waals surface area contributed by atoms with E-state index < -0.39 is 42.3 Å². The third-order valence-electron chi connectivity index (χ3n) is 12.7. The van der Waals surface area contributed by atoms with Gasteiger partial charge >= 0.3 is 30.0 Å². The lowest BCUT2D eigenvalue weighted by atomic mass is 9.92. The molecule has 0 aromatic heterocycles. The maximum atomic E-state index is 13.1. The van der Waals surface area contributed by atoms with E-state index in [1.165, 1.54) is 64.2 Å². The molecule has 14 nitrogen and oxygen atoms in total. The summed E-state index contributed by atoms with van der Waals surface area (Å²) < 4.78 is 40.2. The van der Waals surface area contributed by atoms with Crippen LogP contribution in [0.5, 0.6) is 0 Å². The van der Waals surface area contributed by atoms with Crippen LogP contribution in [0.3, 0.4) is 0 Å². The molecule has 1 aliphatic rings. The standard InChI is InChI=1S/C57H102N2O12/c1-6-11-15-17-19-28-43-66-56(67-44-29-20-18-16-12-7-2)37-36-55(63)70-48-50(47-69-54(62)35-34-51(10-5)71-57(64)58-39-42-59-40-26-27-41-59)46-68-53(61)33-25-21-24-32-52(60)65-45-38-49(30-22-13-8-3)31-23-14-9-4/h11-12,15-16,49-51,56H,6-10,13-14,17-48H2,1-5H3,(H,58,64)/b15-11-,16-12-. The van der Waals surface area contributed by atoms with Gasteiger partial charge in [-0.3, -0.25) is 19.2 Å². The average molecular weight is 1010 g/mol. The first kappa shape index (κ1) is 65.5. The van der Waals surface area contributed by atoms with E-state index in [1.807, 2.05) is 6.92 Å². The van der Waals surface area contributed by atoms with Gasteiger partial charge in [-0.05, 0) is 115 Å². The molecule has 71 heavy (non-hydrogen) atoms. The van der Waals surface area contributed by atoms with E-state index in [0.717, 1.165) is 77.4 Å². The minimum Gasteiger partial charge on any atom is -0.466 e. The Morgan fingerprint density at radius 2 is 1.03 bits per heavy atom. The fourth-order valence-electron chi connectivity index (χ4n) is 8.24. The monoisotopic (exact) mass is 1010 g/mol. The number of esters is 4. The smallest absolute Gasteiger partial charge is 0.407 e. The van der Waals surface area contributed by atoms with E-state index in [2.05, 4.69) is 62.2 Å². The number of unbranched alkanes of at least 4 members (excludes halogenated alkanes) is 10. The summed E-state index contributed by atoms with van der Waals surface area (Å²) in [5.74, 6) is -1.58. The molecule has 412 valence electrons. The number of nitrogens with zero attached hydrogens (tertiary/aromatic N) is 1. The largest absolute Gasteiger partial charge is 0.466 e. The first-order chi connectivity index (χ1) is 34.6. The Kier molecular flexibility index (Phi) is 43.8. The summed E-state index contributed by atoms with van der Waals surface area (Å²) in [4.78, 5) is 66.1. The molecular weight excluding hydrogens is 905 g/mol. The number of likely N-dealkylation sites (tertiary alicyclic amines) is 1. The molecule has 1 fully saturated rings. The lowest BCUT2D eigenvalue weighted by molar-refractivity contribution is -0.162. The molecule has 1 aliphatic heterocycles. The minimum atomic E-state index is -0.606. The second kappa shape index (κ2) is 47.5. The van der Waals surface area contributed by atoms with Gasteiger partial charge in [0.05, 0.1) is 18.9 Å². The SMILES string of the molecule is CC/C=C\CCCCOC(CCC(=O)OCC(COC(=O)CCCCCC(=O)OCCC(CCCCC)CCCCC)COC(=O)CCC(CC)OC(=O)NCCN1CCCC1)OCCCC/C=C\CC. The minimum absolute atomic E-state index is 0.0181. The van der Waals surface area contributed by atoms with Gasteiger partial charge in [-0.25, -0.2) is 4.79 Å². The highest BCUT2D eigenvalue weighted by Crippen LogP contribution is 2.21. The lowest BCUT2D eigenvalue weighted by Gasteiger charge is -2.20. The molecule has 1 rings (SSSR count). The molecule has 14 heteroatoms. The molecule has 2 atom stereocenters. The highest BCUT2D eigenvalue weighted by Gasteiger charge is 2.21. The first-order valence-corrected chi connectivity index (χ1v) is 28.5. The van der Waals surface area contributed by atoms with Crippen LogP contribution in [-0.4, -0.2) is 113 Å². The topological polar surface area (TPSA) is 165 Å². The summed E-state index contributed by atoms with van der Waals surface area (Å²) in [6.45, 7) is 15.1. The Balaban J connectivity index is 2.70. The van der Waals surface area contributed by atoms with Crippen molar-refractivity contribution in [3.63, 3.8) is 0 Å². The fraction of sp³-hybridized carbons (Fsp3) is 0.842. The van der Waals surface area contributed by atoms with Crippen LogP contribution >= 0.6 is 0 Å². The third kappa shape index (κ3) is 40.7. The predicted octanol–water partition coefficient (Wildman–Crippen LogP) is 12.7. The van der Waals surface area contributed by atoms with E-state index >= 15 is 0 Å². The molecule has 0 aliphatic carbocycles. The molecule has 2 unspecified atom stereocenters. The van der Waals surface area contributed by atoms with Crippen LogP contribution in [0, 0.1) is 11.8 Å². The van der Waals surface area contributed by atoms with Crippen LogP contribution in [0.1, 0.15) is 221 Å². The molecule has 1 saturated heterocycles. The van der Waals surface area contributed by atoms with Crippen LogP contribution in [0.15, 0.2) is 24.3 Å². The van der Waals surface area contributed by atoms with Crippen LogP contribution in [0.2, 0.25) is 0 Å². The highest BCUT2D eigenvalue weighted by molar-refractivity contribution is 5.71. The Morgan fingerprint density at radius 3 is 1.55 bits per heavy atom. The van der Waals surface area contributed by atoms with E-state index in [-0.39, 0.29) is 51.5 Å². The van der Waals surface area contributed by atoms with Crippen molar-refractivity contribution in [2.75, 3.05) is 65.8 Å². The van der Waals surface area contributed by atoms with Gasteiger partial charge in [-0.2, -0.15) is 0 Å². The summed E-state index contributed by atoms with van der Waals surface area (Å²) in [7, 11) is 0. The summed E-state index contributed by atoms with van der Waals surface area (Å²) in [5.41, 5.74) is 0. The highest BCUT2D eigenvalue weighted by atomic mass is 16.7. The van der Waals surface area contributed by atoms with Gasteiger partial charge in [0.25, 0.3) is 0 Å². The predicted molar refractivity (Wildman–Crippen MR) is 282 cm³/mol. The van der Waals surface area contributed by atoms with Gasteiger partial charge in [0, 0.05) is 52.0 Å². The zero-order chi connectivity index (χ0) is 51.8. The zero-order valence-corrected chi connectivity index (χ0v) is 45.5. The third-order valence-corrected chi connectivity index (χ3v) is 12.7. The quantitative estimate of drug-likeness (QED) is 0.0201. The normalized spacial score (nSPS) is 13.8. The van der Waals surface area contributed by atoms with Crippen molar-refractivity contribution >= 4 is 30.0 Å². The van der Waals surface area contributed by atoms with Gasteiger partial charge in [-0.15, -0.1) is 0 Å². The van der Waals surface area contributed by atoms with Crippen molar-refractivity contribution in [3.8, 4) is 0 Å². The molecule has 0 aromatic rings. The first-order valence-electron chi connectivity index (χ1n) is 28.5. The number of ether oxygens (including phenoxy) is 7. The van der Waals surface area contributed by atoms with E-state index in [9.17, 15) is 24.0 Å². The van der Waals surface area contributed by atoms with Crippen molar-refractivity contribution in [3.05, 3.63) is 24.3 Å². The zero-order valence-electron chi connectivity index (χ0n) is 45.5. The molecule has 1 N–H and O–H groups in total. The number of alkyl carbamates (subject to hydrolysis) is 1. The number of carbonyl (C=O) groups is 5. The van der Waals surface area contributed by atoms with Crippen molar-refractivity contribution in [2.45, 2.75) is 233 Å². The average Bonchev–Trinajstić information content (AvgIpc) is 3.89. The molecule has 1 amide bonds. The number of amides is 1. The van der Waals surface area contributed by atoms with Gasteiger partial charge in [0.1, 0.15) is 25.9 Å². The van der Waals surface area contributed by atoms with Gasteiger partial charge < -0.3 is 43.4 Å². The van der Waals surface area contributed by atoms with Crippen LogP contribution in [0.4, 0.5) is 4.79 Å². The number of allylic oxidation sites excluding steroid dienone is 4. The molecule has 0 aromatic carbocycles. The second-order valence-electron chi connectivity index (χ2n) is 19.3. The molecule has 0 saturated carbocycles. The van der Waals surface area contributed by atoms with Gasteiger partial charge in [0.15, 0.2) is 6.29 Å². The van der Waals surface area contributed by atoms with Crippen LogP contribution in [0.25, 0.3) is 0 Å². The molecule has 0 spiro atoms. The molecule has 0 bridgehead atoms. The fourth-order valence-corrected chi connectivity index (χ4v) is 8.24. The number of rotatable bonds is 48. The van der Waals surface area contributed by atoms with Crippen molar-refractivity contribution in [2.24, 2.45) is 11.8 Å². The van der Waals surface area contributed by atoms with Crippen molar-refractivity contribution in [1.82, 2.24) is 10.2 Å². The van der Waals surface area contributed by atoms with Gasteiger partial charge in [0.2, 0.25) is 0 Å². The Morgan fingerprint density at radius 1 is 0.507 bits per heavy atom. The Hall–Kier alpha value is -3.49. The van der Waals surface area contributed by atoms with E-state index in [4.69, 9.17) is 33.2 Å². The number of hydrogen-bond acceptors (Lipinski definition) is 13. The Bertz CT molecular complexity index is 1350. The summed E-state index contributed by atoms with van der Waals surface area (Å²) in [5, 5.41) is 2.81. The van der Waals surface area contributed by atoms with Crippen LogP contribution in [-0.2, 0) is 52.3 Å². The van der Waals surface area contributed by atoms with E-state index in [1.54, 1.807) is 0 Å². The molecular formula is C57H102N2O12. The maximum Gasteiger partial charge on any atom is 0.407 e. The summed E-state index contributed by atoms with van der Waals surface area (Å²) in [6, 6.07) is 0. The molecule has 1 heterocycles. The number of hydrogen-bond donors (Lipinski definition) is 1. The maximum absolute atomic E-state index is 13.1. The van der Waals surface area contributed by atoms with Crippen LogP contribution < -0.4 is 5.32 Å². The van der Waals surface area contributed by atoms with Crippen molar-refractivity contribution in [1.29, 1.82) is 0 Å². The van der Waals surface area contributed by atoms with Crippen molar-refractivity contribution < 1.29 is 57.1 Å². The molecule has 0 radical (unpaired) electrons. The number of nitrogens with one attached hydrogen (secondary N) is 1. The summed E-state index contributed by atoms with van der Waals surface area (Å²) in [6.07, 6.45) is 31.6. The Labute approximate surface area is 431 Å². The number of carbonyl (C=O) groups excluding carboxylic acids is 5.